The van der Waals surface area contributed by atoms with Gasteiger partial charge in [0.25, 0.3) is 0 Å². The molecular weight excluding hydrogens is 414 g/mol. The molecule has 1 unspecified atom stereocenters. The smallest absolute Gasteiger partial charge is 0.330 e. The third-order valence-electron chi connectivity index (χ3n) is 5.60. The Hall–Kier alpha value is -2.84. The number of carbonyl (C=O) groups excluding carboxylic acids is 4. The van der Waals surface area contributed by atoms with E-state index in [2.05, 4.69) is 29.1 Å². The van der Waals surface area contributed by atoms with Gasteiger partial charge < -0.3 is 25.4 Å². The summed E-state index contributed by atoms with van der Waals surface area (Å²) < 4.78 is 10.00. The molecule has 0 rings (SSSR count). The molecule has 0 spiro atoms. The summed E-state index contributed by atoms with van der Waals surface area (Å²) in [5.74, 6) is -1.35. The van der Waals surface area contributed by atoms with Crippen LogP contribution in [0.4, 0.5) is 4.79 Å². The average molecular weight is 454 g/mol. The van der Waals surface area contributed by atoms with Crippen LogP contribution in [0.2, 0.25) is 0 Å². The predicted molar refractivity (Wildman–Crippen MR) is 123 cm³/mol. The summed E-state index contributed by atoms with van der Waals surface area (Å²) >= 11 is 0. The van der Waals surface area contributed by atoms with Crippen LogP contribution in [0.1, 0.15) is 54.4 Å². The number of hydrogen-bond donors (Lipinski definition) is 3. The summed E-state index contributed by atoms with van der Waals surface area (Å²) in [7, 11) is 0. The molecule has 182 valence electrons. The molecule has 0 aliphatic rings. The van der Waals surface area contributed by atoms with E-state index in [1.807, 2.05) is 34.6 Å². The standard InChI is InChI=1S/C23H39N3O6/c1-9-17(27)31-15-22(7,16-32-18(28)10-2)26-20(30)25-14-12-13-24-19(29)23(8,11-3)21(4,5)6/h9-10H,1-2,11-16H2,3-8H3,(H,24,29)(H2,25,26,30). The maximum Gasteiger partial charge on any atom is 0.330 e. The first-order valence-corrected chi connectivity index (χ1v) is 10.7. The van der Waals surface area contributed by atoms with Gasteiger partial charge in [0.15, 0.2) is 0 Å². The van der Waals surface area contributed by atoms with Crippen LogP contribution in [0.25, 0.3) is 0 Å². The van der Waals surface area contributed by atoms with E-state index >= 15 is 0 Å². The molecular formula is C23H39N3O6. The van der Waals surface area contributed by atoms with Gasteiger partial charge in [0, 0.05) is 25.2 Å². The molecule has 0 bridgehead atoms. The van der Waals surface area contributed by atoms with Gasteiger partial charge in [0.1, 0.15) is 18.8 Å². The minimum absolute atomic E-state index is 0.0161. The zero-order chi connectivity index (χ0) is 25.0. The third kappa shape index (κ3) is 9.53. The highest BCUT2D eigenvalue weighted by Crippen LogP contribution is 2.41. The summed E-state index contributed by atoms with van der Waals surface area (Å²) in [6.07, 6.45) is 3.23. The Morgan fingerprint density at radius 1 is 0.844 bits per heavy atom. The highest BCUT2D eigenvalue weighted by molar-refractivity contribution is 5.83. The monoisotopic (exact) mass is 453 g/mol. The summed E-state index contributed by atoms with van der Waals surface area (Å²) in [5, 5.41) is 8.26. The molecule has 0 saturated heterocycles. The number of hydrogen-bond acceptors (Lipinski definition) is 6. The number of nitrogens with one attached hydrogen (secondary N) is 3. The van der Waals surface area contributed by atoms with Crippen LogP contribution in [-0.4, -0.2) is 55.7 Å². The van der Waals surface area contributed by atoms with Gasteiger partial charge in [-0.15, -0.1) is 0 Å². The van der Waals surface area contributed by atoms with Crippen molar-refractivity contribution < 1.29 is 28.7 Å². The molecule has 3 N–H and O–H groups in total. The highest BCUT2D eigenvalue weighted by atomic mass is 16.5. The lowest BCUT2D eigenvalue weighted by atomic mass is 9.65. The quantitative estimate of drug-likeness (QED) is 0.224. The van der Waals surface area contributed by atoms with Crippen LogP contribution in [0, 0.1) is 10.8 Å². The second-order valence-electron chi connectivity index (χ2n) is 9.11. The van der Waals surface area contributed by atoms with Gasteiger partial charge >= 0.3 is 18.0 Å². The molecule has 0 aliphatic heterocycles. The van der Waals surface area contributed by atoms with Crippen molar-refractivity contribution in [1.82, 2.24) is 16.0 Å². The Morgan fingerprint density at radius 3 is 1.72 bits per heavy atom. The zero-order valence-corrected chi connectivity index (χ0v) is 20.3. The summed E-state index contributed by atoms with van der Waals surface area (Å²) in [4.78, 5) is 47.6. The molecule has 9 heteroatoms. The Bertz CT molecular complexity index is 674. The molecule has 0 aromatic carbocycles. The second kappa shape index (κ2) is 12.9. The van der Waals surface area contributed by atoms with E-state index in [9.17, 15) is 19.2 Å². The van der Waals surface area contributed by atoms with Crippen LogP contribution >= 0.6 is 0 Å². The lowest BCUT2D eigenvalue weighted by molar-refractivity contribution is -0.144. The predicted octanol–water partition coefficient (Wildman–Crippen LogP) is 2.47. The minimum Gasteiger partial charge on any atom is -0.460 e. The molecule has 0 fully saturated rings. The van der Waals surface area contributed by atoms with Gasteiger partial charge in [-0.05, 0) is 25.2 Å². The van der Waals surface area contributed by atoms with Gasteiger partial charge in [-0.3, -0.25) is 4.79 Å². The van der Waals surface area contributed by atoms with E-state index in [1.165, 1.54) is 0 Å². The Morgan fingerprint density at radius 2 is 1.31 bits per heavy atom. The minimum atomic E-state index is -1.16. The number of amides is 3. The molecule has 0 aromatic rings. The Labute approximate surface area is 191 Å². The molecule has 0 aliphatic carbocycles. The lowest BCUT2D eigenvalue weighted by Crippen LogP contribution is -2.56. The second-order valence-corrected chi connectivity index (χ2v) is 9.11. The molecule has 0 heterocycles. The first-order valence-electron chi connectivity index (χ1n) is 10.7. The van der Waals surface area contributed by atoms with Gasteiger partial charge in [0.05, 0.1) is 5.41 Å². The van der Waals surface area contributed by atoms with Crippen molar-refractivity contribution in [2.45, 2.75) is 59.9 Å². The maximum atomic E-state index is 12.6. The van der Waals surface area contributed by atoms with Gasteiger partial charge in [-0.2, -0.15) is 0 Å². The summed E-state index contributed by atoms with van der Waals surface area (Å²) in [6, 6.07) is -0.531. The number of urea groups is 1. The fourth-order valence-electron chi connectivity index (χ4n) is 2.73. The summed E-state index contributed by atoms with van der Waals surface area (Å²) in [5.41, 5.74) is -1.84. The number of ether oxygens (including phenoxy) is 2. The van der Waals surface area contributed by atoms with E-state index in [1.54, 1.807) is 6.92 Å². The van der Waals surface area contributed by atoms with Crippen molar-refractivity contribution in [2.75, 3.05) is 26.3 Å². The largest absolute Gasteiger partial charge is 0.460 e. The lowest BCUT2D eigenvalue weighted by Gasteiger charge is -2.39. The van der Waals surface area contributed by atoms with Gasteiger partial charge in [0.2, 0.25) is 5.91 Å². The van der Waals surface area contributed by atoms with Crippen LogP contribution in [-0.2, 0) is 23.9 Å². The molecule has 9 nitrogen and oxygen atoms in total. The van der Waals surface area contributed by atoms with Crippen LogP contribution in [0.5, 0.6) is 0 Å². The van der Waals surface area contributed by atoms with E-state index in [4.69, 9.17) is 9.47 Å². The van der Waals surface area contributed by atoms with Crippen LogP contribution in [0.3, 0.4) is 0 Å². The van der Waals surface area contributed by atoms with Crippen LogP contribution in [0.15, 0.2) is 25.3 Å². The van der Waals surface area contributed by atoms with Crippen molar-refractivity contribution >= 4 is 23.9 Å². The fourth-order valence-corrected chi connectivity index (χ4v) is 2.73. The topological polar surface area (TPSA) is 123 Å². The fraction of sp³-hybridized carbons (Fsp3) is 0.652. The number of esters is 2. The van der Waals surface area contributed by atoms with E-state index < -0.39 is 28.9 Å². The molecule has 3 amide bonds. The number of rotatable bonds is 13. The maximum absolute atomic E-state index is 12.6. The van der Waals surface area contributed by atoms with Crippen molar-refractivity contribution in [3.63, 3.8) is 0 Å². The van der Waals surface area contributed by atoms with Crippen LogP contribution < -0.4 is 16.0 Å². The molecule has 1 atom stereocenters. The van der Waals surface area contributed by atoms with E-state index in [0.29, 0.717) is 25.9 Å². The molecule has 0 aromatic heterocycles. The van der Waals surface area contributed by atoms with Crippen molar-refractivity contribution in [1.29, 1.82) is 0 Å². The molecule has 0 saturated carbocycles. The Kier molecular flexibility index (Phi) is 11.7. The molecule has 32 heavy (non-hydrogen) atoms. The zero-order valence-electron chi connectivity index (χ0n) is 20.3. The highest BCUT2D eigenvalue weighted by Gasteiger charge is 2.42. The van der Waals surface area contributed by atoms with E-state index in [-0.39, 0.29) is 24.5 Å². The average Bonchev–Trinajstić information content (AvgIpc) is 2.73. The van der Waals surface area contributed by atoms with Crippen molar-refractivity contribution in [3.8, 4) is 0 Å². The van der Waals surface area contributed by atoms with Crippen molar-refractivity contribution in [3.05, 3.63) is 25.3 Å². The SMILES string of the molecule is C=CC(=O)OCC(C)(COC(=O)C=C)NC(=O)NCCCNC(=O)C(C)(CC)C(C)(C)C. The number of carbonyl (C=O) groups is 4. The first kappa shape index (κ1) is 29.2. The van der Waals surface area contributed by atoms with Crippen molar-refractivity contribution in [2.24, 2.45) is 10.8 Å². The van der Waals surface area contributed by atoms with E-state index in [0.717, 1.165) is 12.2 Å². The Balaban J connectivity index is 4.66. The first-order chi connectivity index (χ1) is 14.7. The van der Waals surface area contributed by atoms with Gasteiger partial charge in [-0.1, -0.05) is 47.8 Å². The molecule has 0 radical (unpaired) electrons. The summed E-state index contributed by atoms with van der Waals surface area (Å²) in [6.45, 7) is 18.5. The normalized spacial score (nSPS) is 13.2. The van der Waals surface area contributed by atoms with Gasteiger partial charge in [-0.25, -0.2) is 14.4 Å². The third-order valence-corrected chi connectivity index (χ3v) is 5.60.